The number of ether oxygens (including phenoxy) is 7. The van der Waals surface area contributed by atoms with Gasteiger partial charge in [0.2, 0.25) is 5.78 Å². The molecule has 2 aliphatic heterocycles. The van der Waals surface area contributed by atoms with Crippen LogP contribution in [0.2, 0.25) is 0 Å². The van der Waals surface area contributed by atoms with Crippen LogP contribution in [0.5, 0.6) is 34.5 Å². The molecule has 3 aliphatic rings. The highest BCUT2D eigenvalue weighted by Crippen LogP contribution is 2.51. The third-order valence-corrected chi connectivity index (χ3v) is 8.70. The summed E-state index contributed by atoms with van der Waals surface area (Å²) < 4.78 is 39.6. The summed E-state index contributed by atoms with van der Waals surface area (Å²) in [5.74, 6) is -1.73. The van der Waals surface area contributed by atoms with Crippen molar-refractivity contribution in [2.45, 2.75) is 39.0 Å². The molecule has 3 atom stereocenters. The fourth-order valence-corrected chi connectivity index (χ4v) is 6.64. The number of hydrogen-bond acceptors (Lipinski definition) is 12. The maximum Gasteiger partial charge on any atom is 0.308 e. The van der Waals surface area contributed by atoms with E-state index in [-0.39, 0.29) is 42.0 Å². The smallest absolute Gasteiger partial charge is 0.308 e. The SMILES string of the molecule is COC1=CC(=O)C([C@@H]2COc3cc(OC(C)=O)ccc3[C@H]2c2cc([C@@H]3COc4cc(OC(C)=O)ccc4C3)c(OC(C)=O)cc2OC)=CC1=O. The summed E-state index contributed by atoms with van der Waals surface area (Å²) in [5.41, 5.74) is 3.00. The van der Waals surface area contributed by atoms with Gasteiger partial charge in [-0.25, -0.2) is 0 Å². The first-order chi connectivity index (χ1) is 23.9. The Morgan fingerprint density at radius 3 is 1.98 bits per heavy atom. The fourth-order valence-electron chi connectivity index (χ4n) is 6.64. The van der Waals surface area contributed by atoms with Crippen LogP contribution in [0.25, 0.3) is 0 Å². The number of allylic oxidation sites excluding steroid dienone is 2. The zero-order valence-electron chi connectivity index (χ0n) is 28.0. The summed E-state index contributed by atoms with van der Waals surface area (Å²) >= 11 is 0. The summed E-state index contributed by atoms with van der Waals surface area (Å²) in [6, 6.07) is 13.6. The van der Waals surface area contributed by atoms with Crippen LogP contribution in [-0.4, -0.2) is 56.9 Å². The second-order valence-electron chi connectivity index (χ2n) is 12.0. The molecule has 50 heavy (non-hydrogen) atoms. The third kappa shape index (κ3) is 6.82. The van der Waals surface area contributed by atoms with E-state index in [1.807, 2.05) is 12.1 Å². The van der Waals surface area contributed by atoms with Crippen LogP contribution in [0.4, 0.5) is 0 Å². The Morgan fingerprint density at radius 1 is 0.660 bits per heavy atom. The number of rotatable bonds is 8. The molecule has 3 aromatic carbocycles. The highest BCUT2D eigenvalue weighted by molar-refractivity contribution is 6.19. The number of fused-ring (bicyclic) bond motifs is 2. The van der Waals surface area contributed by atoms with E-state index in [4.69, 9.17) is 33.2 Å². The summed E-state index contributed by atoms with van der Waals surface area (Å²) in [6.45, 7) is 4.12. The topological polar surface area (TPSA) is 150 Å². The van der Waals surface area contributed by atoms with E-state index in [0.717, 1.165) is 5.56 Å². The second kappa shape index (κ2) is 13.9. The van der Waals surface area contributed by atoms with Gasteiger partial charge in [-0.2, -0.15) is 0 Å². The molecule has 0 bridgehead atoms. The maximum atomic E-state index is 13.5. The average Bonchev–Trinajstić information content (AvgIpc) is 3.07. The first kappa shape index (κ1) is 34.0. The molecule has 0 unspecified atom stereocenters. The zero-order valence-corrected chi connectivity index (χ0v) is 28.0. The van der Waals surface area contributed by atoms with Crippen LogP contribution >= 0.6 is 0 Å². The fraction of sp³-hybridized carbons (Fsp3) is 0.289. The van der Waals surface area contributed by atoms with Gasteiger partial charge in [0, 0.05) is 85.1 Å². The van der Waals surface area contributed by atoms with Crippen molar-refractivity contribution >= 4 is 29.5 Å². The molecular formula is C38H34O12. The van der Waals surface area contributed by atoms with E-state index in [2.05, 4.69) is 0 Å². The first-order valence-corrected chi connectivity index (χ1v) is 15.8. The van der Waals surface area contributed by atoms with Crippen molar-refractivity contribution in [2.75, 3.05) is 27.4 Å². The monoisotopic (exact) mass is 682 g/mol. The first-order valence-electron chi connectivity index (χ1n) is 15.8. The minimum absolute atomic E-state index is 0.00301. The normalized spacial score (nSPS) is 19.3. The lowest BCUT2D eigenvalue weighted by molar-refractivity contribution is -0.132. The third-order valence-electron chi connectivity index (χ3n) is 8.70. The molecule has 0 amide bonds. The lowest BCUT2D eigenvalue weighted by atomic mass is 9.72. The van der Waals surface area contributed by atoms with E-state index < -0.39 is 41.3 Å². The Labute approximate surface area is 287 Å². The quantitative estimate of drug-likeness (QED) is 0.180. The zero-order chi connectivity index (χ0) is 35.7. The number of carbonyl (C=O) groups excluding carboxylic acids is 5. The largest absolute Gasteiger partial charge is 0.496 e. The molecule has 2 heterocycles. The molecule has 0 fully saturated rings. The molecule has 12 nitrogen and oxygen atoms in total. The predicted octanol–water partition coefficient (Wildman–Crippen LogP) is 4.94. The molecular weight excluding hydrogens is 648 g/mol. The number of methoxy groups -OCH3 is 2. The Kier molecular flexibility index (Phi) is 9.45. The van der Waals surface area contributed by atoms with Gasteiger partial charge in [-0.1, -0.05) is 12.1 Å². The highest BCUT2D eigenvalue weighted by atomic mass is 16.5. The van der Waals surface area contributed by atoms with Crippen LogP contribution in [0.15, 0.2) is 72.0 Å². The predicted molar refractivity (Wildman–Crippen MR) is 176 cm³/mol. The van der Waals surface area contributed by atoms with E-state index >= 15 is 0 Å². The minimum Gasteiger partial charge on any atom is -0.496 e. The van der Waals surface area contributed by atoms with Gasteiger partial charge in [-0.05, 0) is 36.3 Å². The maximum absolute atomic E-state index is 13.5. The number of ketones is 2. The average molecular weight is 683 g/mol. The van der Waals surface area contributed by atoms with Crippen LogP contribution in [0, 0.1) is 5.92 Å². The van der Waals surface area contributed by atoms with Crippen molar-refractivity contribution < 1.29 is 57.1 Å². The van der Waals surface area contributed by atoms with Crippen molar-refractivity contribution in [3.63, 3.8) is 0 Å². The summed E-state index contributed by atoms with van der Waals surface area (Å²) in [6.07, 6.45) is 2.94. The van der Waals surface area contributed by atoms with E-state index in [1.54, 1.807) is 36.4 Å². The van der Waals surface area contributed by atoms with Gasteiger partial charge < -0.3 is 33.2 Å². The van der Waals surface area contributed by atoms with E-state index in [1.165, 1.54) is 47.1 Å². The molecule has 3 aromatic rings. The standard InChI is InChI=1S/C38H34O12/c1-19(39)48-24-7-6-22-10-23(17-46-33(22)11-24)27-13-29(34(44-4)16-36(27)50-21(3)41)38-26-9-8-25(49-20(2)40)12-35(26)47-18-30(38)28-14-32(43)37(45-5)15-31(28)42/h6-9,11-16,23,30,38H,10,17-18H2,1-5H3/t23-,30-,38-/m0/s1. The minimum atomic E-state index is -0.669. The number of esters is 3. The van der Waals surface area contributed by atoms with E-state index in [0.29, 0.717) is 46.1 Å². The lowest BCUT2D eigenvalue weighted by Gasteiger charge is -2.37. The van der Waals surface area contributed by atoms with Gasteiger partial charge in [-0.3, -0.25) is 24.0 Å². The Bertz CT molecular complexity index is 1990. The van der Waals surface area contributed by atoms with Crippen LogP contribution in [-0.2, 0) is 35.1 Å². The van der Waals surface area contributed by atoms with Crippen LogP contribution < -0.4 is 28.4 Å². The van der Waals surface area contributed by atoms with Crippen molar-refractivity contribution in [1.82, 2.24) is 0 Å². The summed E-state index contributed by atoms with van der Waals surface area (Å²) in [7, 11) is 2.81. The Balaban J connectivity index is 1.49. The van der Waals surface area contributed by atoms with E-state index in [9.17, 15) is 24.0 Å². The Morgan fingerprint density at radius 2 is 1.32 bits per heavy atom. The lowest BCUT2D eigenvalue weighted by Crippen LogP contribution is -2.33. The molecule has 258 valence electrons. The highest BCUT2D eigenvalue weighted by Gasteiger charge is 2.41. The molecule has 0 spiro atoms. The summed E-state index contributed by atoms with van der Waals surface area (Å²) in [5, 5.41) is 0. The summed E-state index contributed by atoms with van der Waals surface area (Å²) in [4.78, 5) is 62.0. The van der Waals surface area contributed by atoms with Crippen LogP contribution in [0.1, 0.15) is 54.9 Å². The molecule has 12 heteroatoms. The Hall–Kier alpha value is -5.91. The van der Waals surface area contributed by atoms with Gasteiger partial charge in [0.25, 0.3) is 0 Å². The molecule has 6 rings (SSSR count). The molecule has 0 saturated carbocycles. The number of hydrogen-bond donors (Lipinski definition) is 0. The van der Waals surface area contributed by atoms with Crippen molar-refractivity contribution in [2.24, 2.45) is 5.92 Å². The molecule has 0 saturated heterocycles. The second-order valence-corrected chi connectivity index (χ2v) is 12.0. The molecule has 0 N–H and O–H groups in total. The van der Waals surface area contributed by atoms with Gasteiger partial charge in [-0.15, -0.1) is 0 Å². The van der Waals surface area contributed by atoms with Crippen LogP contribution in [0.3, 0.4) is 0 Å². The van der Waals surface area contributed by atoms with Crippen molar-refractivity contribution in [1.29, 1.82) is 0 Å². The molecule has 0 radical (unpaired) electrons. The van der Waals surface area contributed by atoms with Crippen molar-refractivity contribution in [3.8, 4) is 34.5 Å². The number of benzene rings is 3. The van der Waals surface area contributed by atoms with Gasteiger partial charge >= 0.3 is 17.9 Å². The van der Waals surface area contributed by atoms with Gasteiger partial charge in [0.1, 0.15) is 34.5 Å². The molecule has 0 aromatic heterocycles. The number of carbonyl (C=O) groups is 5. The van der Waals surface area contributed by atoms with Gasteiger partial charge in [0.05, 0.1) is 27.4 Å². The molecule has 1 aliphatic carbocycles. The van der Waals surface area contributed by atoms with Gasteiger partial charge in [0.15, 0.2) is 11.5 Å². The van der Waals surface area contributed by atoms with Crippen molar-refractivity contribution in [3.05, 3.63) is 94.3 Å².